The van der Waals surface area contributed by atoms with Gasteiger partial charge in [0, 0.05) is 5.69 Å². The molecule has 0 saturated carbocycles. The predicted molar refractivity (Wildman–Crippen MR) is 71.1 cm³/mol. The Morgan fingerprint density at radius 3 is 2.41 bits per heavy atom. The standard InChI is InChI=1S/C15H17NO/c1-11-4-3-5-15(12(11)2)17-10-13-6-8-14(16)9-7-13/h3-9H,10,16H2,1-2H3. The number of benzene rings is 2. The van der Waals surface area contributed by atoms with Gasteiger partial charge in [0.1, 0.15) is 12.4 Å². The minimum Gasteiger partial charge on any atom is -0.489 e. The van der Waals surface area contributed by atoms with Crippen molar-refractivity contribution in [3.05, 3.63) is 59.2 Å². The summed E-state index contributed by atoms with van der Waals surface area (Å²) in [5, 5.41) is 0. The van der Waals surface area contributed by atoms with Gasteiger partial charge in [-0.1, -0.05) is 24.3 Å². The molecule has 17 heavy (non-hydrogen) atoms. The number of ether oxygens (including phenoxy) is 1. The molecule has 0 radical (unpaired) electrons. The van der Waals surface area contributed by atoms with Crippen LogP contribution in [-0.2, 0) is 6.61 Å². The molecule has 2 N–H and O–H groups in total. The number of anilines is 1. The van der Waals surface area contributed by atoms with E-state index in [1.807, 2.05) is 36.4 Å². The molecule has 2 nitrogen and oxygen atoms in total. The maximum atomic E-state index is 5.80. The van der Waals surface area contributed by atoms with Gasteiger partial charge in [-0.3, -0.25) is 0 Å². The quantitative estimate of drug-likeness (QED) is 0.815. The van der Waals surface area contributed by atoms with Gasteiger partial charge in [-0.15, -0.1) is 0 Å². The van der Waals surface area contributed by atoms with Crippen LogP contribution in [0.5, 0.6) is 5.75 Å². The first-order valence-corrected chi connectivity index (χ1v) is 5.70. The van der Waals surface area contributed by atoms with Crippen molar-refractivity contribution in [2.24, 2.45) is 0 Å². The molecule has 0 aliphatic carbocycles. The number of rotatable bonds is 3. The zero-order chi connectivity index (χ0) is 12.3. The molecule has 0 atom stereocenters. The van der Waals surface area contributed by atoms with Gasteiger partial charge in [-0.25, -0.2) is 0 Å². The van der Waals surface area contributed by atoms with Crippen molar-refractivity contribution in [3.63, 3.8) is 0 Å². The molecule has 2 aromatic carbocycles. The molecule has 2 rings (SSSR count). The monoisotopic (exact) mass is 227 g/mol. The lowest BCUT2D eigenvalue weighted by atomic mass is 10.1. The van der Waals surface area contributed by atoms with Crippen LogP contribution < -0.4 is 10.5 Å². The Bertz CT molecular complexity index is 503. The molecular formula is C15H17NO. The molecule has 0 spiro atoms. The molecule has 0 aromatic heterocycles. The molecule has 0 aliphatic heterocycles. The molecule has 0 saturated heterocycles. The summed E-state index contributed by atoms with van der Waals surface area (Å²) < 4.78 is 5.80. The van der Waals surface area contributed by atoms with E-state index in [4.69, 9.17) is 10.5 Å². The summed E-state index contributed by atoms with van der Waals surface area (Å²) in [6.45, 7) is 4.74. The average molecular weight is 227 g/mol. The van der Waals surface area contributed by atoms with Gasteiger partial charge >= 0.3 is 0 Å². The van der Waals surface area contributed by atoms with Crippen molar-refractivity contribution >= 4 is 5.69 Å². The highest BCUT2D eigenvalue weighted by Crippen LogP contribution is 2.21. The van der Waals surface area contributed by atoms with Crippen LogP contribution in [0.15, 0.2) is 42.5 Å². The maximum Gasteiger partial charge on any atom is 0.122 e. The number of nitrogens with two attached hydrogens (primary N) is 1. The summed E-state index contributed by atoms with van der Waals surface area (Å²) in [4.78, 5) is 0. The summed E-state index contributed by atoms with van der Waals surface area (Å²) in [5.41, 5.74) is 9.99. The Balaban J connectivity index is 2.07. The predicted octanol–water partition coefficient (Wildman–Crippen LogP) is 3.46. The summed E-state index contributed by atoms with van der Waals surface area (Å²) in [6, 6.07) is 13.9. The number of hydrogen-bond donors (Lipinski definition) is 1. The summed E-state index contributed by atoms with van der Waals surface area (Å²) in [5.74, 6) is 0.946. The Labute approximate surface area is 102 Å². The lowest BCUT2D eigenvalue weighted by molar-refractivity contribution is 0.304. The van der Waals surface area contributed by atoms with Crippen molar-refractivity contribution in [1.29, 1.82) is 0 Å². The van der Waals surface area contributed by atoms with Crippen LogP contribution in [0.25, 0.3) is 0 Å². The molecule has 0 unspecified atom stereocenters. The fourth-order valence-corrected chi connectivity index (χ4v) is 1.66. The molecule has 0 fully saturated rings. The third-order valence-electron chi connectivity index (χ3n) is 2.93. The van der Waals surface area contributed by atoms with Crippen LogP contribution in [0, 0.1) is 13.8 Å². The van der Waals surface area contributed by atoms with Crippen molar-refractivity contribution in [1.82, 2.24) is 0 Å². The third kappa shape index (κ3) is 2.78. The fourth-order valence-electron chi connectivity index (χ4n) is 1.66. The van der Waals surface area contributed by atoms with E-state index in [2.05, 4.69) is 19.9 Å². The van der Waals surface area contributed by atoms with Gasteiger partial charge in [-0.05, 0) is 48.7 Å². The maximum absolute atomic E-state index is 5.80. The van der Waals surface area contributed by atoms with Crippen LogP contribution in [0.3, 0.4) is 0 Å². The van der Waals surface area contributed by atoms with Crippen LogP contribution in [0.2, 0.25) is 0 Å². The van der Waals surface area contributed by atoms with Crippen LogP contribution >= 0.6 is 0 Å². The van der Waals surface area contributed by atoms with Crippen LogP contribution in [0.1, 0.15) is 16.7 Å². The third-order valence-corrected chi connectivity index (χ3v) is 2.93. The topological polar surface area (TPSA) is 35.2 Å². The zero-order valence-corrected chi connectivity index (χ0v) is 10.2. The first-order chi connectivity index (χ1) is 8.16. The molecule has 0 bridgehead atoms. The second kappa shape index (κ2) is 4.91. The summed E-state index contributed by atoms with van der Waals surface area (Å²) >= 11 is 0. The molecule has 2 aromatic rings. The van der Waals surface area contributed by atoms with Crippen molar-refractivity contribution in [3.8, 4) is 5.75 Å². The zero-order valence-electron chi connectivity index (χ0n) is 10.2. The summed E-state index contributed by atoms with van der Waals surface area (Å²) in [7, 11) is 0. The van der Waals surface area contributed by atoms with Gasteiger partial charge in [-0.2, -0.15) is 0 Å². The second-order valence-corrected chi connectivity index (χ2v) is 4.23. The Morgan fingerprint density at radius 1 is 1.00 bits per heavy atom. The van der Waals surface area contributed by atoms with Crippen molar-refractivity contribution < 1.29 is 4.74 Å². The number of aryl methyl sites for hydroxylation is 1. The Kier molecular flexibility index (Phi) is 3.33. The van der Waals surface area contributed by atoms with E-state index in [1.165, 1.54) is 11.1 Å². The normalized spacial score (nSPS) is 10.2. The number of hydrogen-bond acceptors (Lipinski definition) is 2. The van der Waals surface area contributed by atoms with E-state index in [0.717, 1.165) is 17.0 Å². The van der Waals surface area contributed by atoms with Gasteiger partial charge in [0.2, 0.25) is 0 Å². The molecule has 0 amide bonds. The molecule has 88 valence electrons. The minimum absolute atomic E-state index is 0.574. The number of nitrogen functional groups attached to an aromatic ring is 1. The fraction of sp³-hybridized carbons (Fsp3) is 0.200. The highest BCUT2D eigenvalue weighted by molar-refractivity contribution is 5.40. The lowest BCUT2D eigenvalue weighted by Crippen LogP contribution is -1.98. The van der Waals surface area contributed by atoms with E-state index in [9.17, 15) is 0 Å². The van der Waals surface area contributed by atoms with E-state index in [-0.39, 0.29) is 0 Å². The SMILES string of the molecule is Cc1cccc(OCc2ccc(N)cc2)c1C. The van der Waals surface area contributed by atoms with Crippen molar-refractivity contribution in [2.75, 3.05) is 5.73 Å². The van der Waals surface area contributed by atoms with Crippen molar-refractivity contribution in [2.45, 2.75) is 20.5 Å². The first kappa shape index (κ1) is 11.5. The smallest absolute Gasteiger partial charge is 0.122 e. The molecule has 0 heterocycles. The summed E-state index contributed by atoms with van der Waals surface area (Å²) in [6.07, 6.45) is 0. The molecular weight excluding hydrogens is 210 g/mol. The minimum atomic E-state index is 0.574. The van der Waals surface area contributed by atoms with Gasteiger partial charge < -0.3 is 10.5 Å². The Morgan fingerprint density at radius 2 is 1.71 bits per heavy atom. The second-order valence-electron chi connectivity index (χ2n) is 4.23. The molecule has 0 aliphatic rings. The highest BCUT2D eigenvalue weighted by atomic mass is 16.5. The van der Waals surface area contributed by atoms with E-state index in [0.29, 0.717) is 6.61 Å². The van der Waals surface area contributed by atoms with Gasteiger partial charge in [0.05, 0.1) is 0 Å². The van der Waals surface area contributed by atoms with Gasteiger partial charge in [0.25, 0.3) is 0 Å². The molecule has 2 heteroatoms. The van der Waals surface area contributed by atoms with Crippen LogP contribution in [0.4, 0.5) is 5.69 Å². The van der Waals surface area contributed by atoms with E-state index >= 15 is 0 Å². The van der Waals surface area contributed by atoms with E-state index in [1.54, 1.807) is 0 Å². The average Bonchev–Trinajstić information content (AvgIpc) is 2.33. The highest BCUT2D eigenvalue weighted by Gasteiger charge is 2.01. The van der Waals surface area contributed by atoms with Crippen LogP contribution in [-0.4, -0.2) is 0 Å². The van der Waals surface area contributed by atoms with Gasteiger partial charge in [0.15, 0.2) is 0 Å². The lowest BCUT2D eigenvalue weighted by Gasteiger charge is -2.10. The van der Waals surface area contributed by atoms with E-state index < -0.39 is 0 Å². The Hall–Kier alpha value is -1.96. The first-order valence-electron chi connectivity index (χ1n) is 5.70. The largest absolute Gasteiger partial charge is 0.489 e.